The summed E-state index contributed by atoms with van der Waals surface area (Å²) in [5, 5.41) is 4.31. The Balaban J connectivity index is 1.74. The van der Waals surface area contributed by atoms with Crippen molar-refractivity contribution in [1.29, 1.82) is 0 Å². The highest BCUT2D eigenvalue weighted by Gasteiger charge is 2.58. The maximum atomic E-state index is 14.1. The highest BCUT2D eigenvalue weighted by molar-refractivity contribution is 7.97. The normalized spacial score (nSPS) is 16.3. The molecule has 1 amide bonds. The molecular formula is C28H24ClNOP+. The Hall–Kier alpha value is -2.93. The maximum Gasteiger partial charge on any atom is 0.269 e. The topological polar surface area (TPSA) is 20.3 Å². The molecule has 0 bridgehead atoms. The Kier molecular flexibility index (Phi) is 5.83. The van der Waals surface area contributed by atoms with Crippen LogP contribution in [0, 0.1) is 0 Å². The number of benzene rings is 4. The van der Waals surface area contributed by atoms with Crippen LogP contribution in [0.1, 0.15) is 6.42 Å². The van der Waals surface area contributed by atoms with Crippen molar-refractivity contribution in [2.75, 3.05) is 11.4 Å². The van der Waals surface area contributed by atoms with Crippen LogP contribution in [0.4, 0.5) is 5.69 Å². The van der Waals surface area contributed by atoms with Crippen molar-refractivity contribution in [3.63, 3.8) is 0 Å². The summed E-state index contributed by atoms with van der Waals surface area (Å²) in [6.45, 7) is 0.668. The number of halogens is 1. The van der Waals surface area contributed by atoms with Gasteiger partial charge in [-0.25, -0.2) is 0 Å². The van der Waals surface area contributed by atoms with Crippen molar-refractivity contribution >= 4 is 46.4 Å². The number of nitrogens with zero attached hydrogens (tertiary/aromatic N) is 1. The number of carbonyl (C=O) groups is 1. The van der Waals surface area contributed by atoms with E-state index in [1.807, 2.05) is 47.4 Å². The molecule has 0 N–H and O–H groups in total. The molecule has 158 valence electrons. The van der Waals surface area contributed by atoms with Gasteiger partial charge in [0.2, 0.25) is 0 Å². The first-order chi connectivity index (χ1) is 15.7. The van der Waals surface area contributed by atoms with Gasteiger partial charge in [-0.15, -0.1) is 0 Å². The standard InChI is InChI=1S/C28H24ClNOP/c29-25-18-10-11-19-26(25)30-21-20-27(28(30)31)32(22-12-4-1-5-13-22,23-14-6-2-7-15-23)24-16-8-3-9-17-24/h1-19,27H,20-21H2/q+1. The minimum absolute atomic E-state index is 0.147. The highest BCUT2D eigenvalue weighted by Crippen LogP contribution is 2.62. The molecule has 4 aromatic carbocycles. The molecule has 0 aliphatic carbocycles. The molecule has 1 saturated heterocycles. The number of anilines is 1. The third kappa shape index (κ3) is 3.45. The van der Waals surface area contributed by atoms with E-state index in [0.29, 0.717) is 11.6 Å². The van der Waals surface area contributed by atoms with Crippen molar-refractivity contribution in [1.82, 2.24) is 0 Å². The summed E-state index contributed by atoms with van der Waals surface area (Å²) < 4.78 is 0. The first-order valence-electron chi connectivity index (χ1n) is 10.8. The van der Waals surface area contributed by atoms with Crippen molar-refractivity contribution in [3.8, 4) is 0 Å². The molecular weight excluding hydrogens is 433 g/mol. The Labute approximate surface area is 194 Å². The smallest absolute Gasteiger partial charge is 0.269 e. The lowest BCUT2D eigenvalue weighted by molar-refractivity contribution is -0.116. The van der Waals surface area contributed by atoms with Gasteiger partial charge >= 0.3 is 0 Å². The second-order valence-electron chi connectivity index (χ2n) is 7.98. The van der Waals surface area contributed by atoms with E-state index < -0.39 is 7.26 Å². The van der Waals surface area contributed by atoms with Gasteiger partial charge in [0.15, 0.2) is 5.66 Å². The van der Waals surface area contributed by atoms with E-state index >= 15 is 0 Å². The third-order valence-corrected chi connectivity index (χ3v) is 11.4. The van der Waals surface area contributed by atoms with Crippen LogP contribution >= 0.6 is 18.9 Å². The molecule has 1 unspecified atom stereocenters. The number of hydrogen-bond donors (Lipinski definition) is 0. The molecule has 4 heteroatoms. The van der Waals surface area contributed by atoms with Gasteiger partial charge in [0.05, 0.1) is 10.7 Å². The zero-order chi connectivity index (χ0) is 22.0. The molecule has 4 aromatic rings. The van der Waals surface area contributed by atoms with Gasteiger partial charge in [0, 0.05) is 13.0 Å². The summed E-state index contributed by atoms with van der Waals surface area (Å²) in [5.41, 5.74) is 0.653. The van der Waals surface area contributed by atoms with E-state index in [0.717, 1.165) is 12.1 Å². The van der Waals surface area contributed by atoms with Crippen molar-refractivity contribution < 1.29 is 4.79 Å². The molecule has 1 aliphatic rings. The summed E-state index contributed by atoms with van der Waals surface area (Å²) in [7, 11) is -2.26. The van der Waals surface area contributed by atoms with Gasteiger partial charge in [-0.05, 0) is 48.5 Å². The maximum absolute atomic E-state index is 14.1. The van der Waals surface area contributed by atoms with E-state index in [1.165, 1.54) is 15.9 Å². The second kappa shape index (κ2) is 8.90. The van der Waals surface area contributed by atoms with Crippen molar-refractivity contribution in [3.05, 3.63) is 120 Å². The van der Waals surface area contributed by atoms with E-state index in [4.69, 9.17) is 11.6 Å². The average Bonchev–Trinajstić information content (AvgIpc) is 3.23. The van der Waals surface area contributed by atoms with Gasteiger partial charge < -0.3 is 4.90 Å². The monoisotopic (exact) mass is 456 g/mol. The molecule has 1 atom stereocenters. The second-order valence-corrected chi connectivity index (χ2v) is 12.0. The Morgan fingerprint density at radius 2 is 1.09 bits per heavy atom. The highest BCUT2D eigenvalue weighted by atomic mass is 35.5. The Morgan fingerprint density at radius 3 is 1.56 bits per heavy atom. The lowest BCUT2D eigenvalue weighted by Crippen LogP contribution is -2.43. The molecule has 1 heterocycles. The fourth-order valence-corrected chi connectivity index (χ4v) is 10.0. The van der Waals surface area contributed by atoms with Crippen LogP contribution < -0.4 is 20.8 Å². The summed E-state index contributed by atoms with van der Waals surface area (Å²) in [5.74, 6) is 0.156. The largest absolute Gasteiger partial charge is 0.307 e. The van der Waals surface area contributed by atoms with Crippen molar-refractivity contribution in [2.24, 2.45) is 0 Å². The van der Waals surface area contributed by atoms with Gasteiger partial charge in [0.25, 0.3) is 5.91 Å². The molecule has 2 nitrogen and oxygen atoms in total. The van der Waals surface area contributed by atoms with Crippen LogP contribution in [0.2, 0.25) is 5.02 Å². The van der Waals surface area contributed by atoms with Crippen LogP contribution in [0.3, 0.4) is 0 Å². The zero-order valence-corrected chi connectivity index (χ0v) is 19.3. The predicted octanol–water partition coefficient (Wildman–Crippen LogP) is 5.44. The van der Waals surface area contributed by atoms with Crippen LogP contribution in [-0.2, 0) is 4.79 Å². The minimum atomic E-state index is -2.26. The fourth-order valence-electron chi connectivity index (χ4n) is 4.91. The number of carbonyl (C=O) groups excluding carboxylic acids is 1. The number of para-hydroxylation sites is 1. The predicted molar refractivity (Wildman–Crippen MR) is 137 cm³/mol. The van der Waals surface area contributed by atoms with Crippen LogP contribution in [0.25, 0.3) is 0 Å². The number of amides is 1. The lowest BCUT2D eigenvalue weighted by Gasteiger charge is -2.32. The average molecular weight is 457 g/mol. The Morgan fingerprint density at radius 1 is 0.656 bits per heavy atom. The molecule has 1 fully saturated rings. The molecule has 5 rings (SSSR count). The van der Waals surface area contributed by atoms with E-state index in [1.54, 1.807) is 0 Å². The first-order valence-corrected chi connectivity index (χ1v) is 13.1. The SMILES string of the molecule is O=C1C([P+](c2ccccc2)(c2ccccc2)c2ccccc2)CCN1c1ccccc1Cl. The molecule has 0 radical (unpaired) electrons. The number of hydrogen-bond acceptors (Lipinski definition) is 1. The summed E-state index contributed by atoms with van der Waals surface area (Å²) >= 11 is 6.50. The summed E-state index contributed by atoms with van der Waals surface area (Å²) in [6.07, 6.45) is 0.788. The lowest BCUT2D eigenvalue weighted by atomic mass is 10.3. The first kappa shape index (κ1) is 20.9. The van der Waals surface area contributed by atoms with Gasteiger partial charge in [-0.1, -0.05) is 78.3 Å². The molecule has 0 spiro atoms. The molecule has 32 heavy (non-hydrogen) atoms. The van der Waals surface area contributed by atoms with Crippen LogP contribution in [0.15, 0.2) is 115 Å². The summed E-state index contributed by atoms with van der Waals surface area (Å²) in [4.78, 5) is 16.0. The van der Waals surface area contributed by atoms with Gasteiger partial charge in [-0.3, -0.25) is 4.79 Å². The van der Waals surface area contributed by atoms with E-state index in [9.17, 15) is 4.79 Å². The molecule has 1 aliphatic heterocycles. The zero-order valence-electron chi connectivity index (χ0n) is 17.6. The van der Waals surface area contributed by atoms with Gasteiger partial charge in [-0.2, -0.15) is 0 Å². The van der Waals surface area contributed by atoms with E-state index in [-0.39, 0.29) is 11.6 Å². The third-order valence-electron chi connectivity index (χ3n) is 6.28. The van der Waals surface area contributed by atoms with Crippen LogP contribution in [0.5, 0.6) is 0 Å². The van der Waals surface area contributed by atoms with Crippen molar-refractivity contribution in [2.45, 2.75) is 12.1 Å². The van der Waals surface area contributed by atoms with E-state index in [2.05, 4.69) is 72.8 Å². The van der Waals surface area contributed by atoms with Gasteiger partial charge in [0.1, 0.15) is 23.2 Å². The number of rotatable bonds is 5. The fraction of sp³-hybridized carbons (Fsp3) is 0.107. The van der Waals surface area contributed by atoms with Crippen LogP contribution in [-0.4, -0.2) is 18.1 Å². The molecule has 0 aromatic heterocycles. The Bertz CT molecular complexity index is 1120. The molecule has 0 saturated carbocycles. The summed E-state index contributed by atoms with van der Waals surface area (Å²) in [6, 6.07) is 39.4. The quantitative estimate of drug-likeness (QED) is 0.366. The minimum Gasteiger partial charge on any atom is -0.307 e.